The summed E-state index contributed by atoms with van der Waals surface area (Å²) in [6, 6.07) is 6.12. The lowest BCUT2D eigenvalue weighted by Gasteiger charge is -2.12. The minimum Gasteiger partial charge on any atom is -0.324 e. The molecule has 8 nitrogen and oxygen atoms in total. The van der Waals surface area contributed by atoms with E-state index >= 15 is 0 Å². The van der Waals surface area contributed by atoms with E-state index < -0.39 is 23.3 Å². The minimum atomic E-state index is -1.12. The van der Waals surface area contributed by atoms with E-state index in [1.807, 2.05) is 6.92 Å². The molecule has 26 heavy (non-hydrogen) atoms. The molecule has 2 aromatic heterocycles. The smallest absolute Gasteiger partial charge is 0.324 e. The van der Waals surface area contributed by atoms with Crippen LogP contribution in [0, 0.1) is 13.8 Å². The summed E-state index contributed by atoms with van der Waals surface area (Å²) in [5.41, 5.74) is -0.0314. The quantitative estimate of drug-likeness (QED) is 0.638. The number of nitrogens with zero attached hydrogens (tertiary/aromatic N) is 3. The zero-order chi connectivity index (χ0) is 18.6. The second-order valence-corrected chi connectivity index (χ2v) is 6.85. The molecule has 0 N–H and O–H groups in total. The van der Waals surface area contributed by atoms with Crippen molar-refractivity contribution < 1.29 is 19.2 Å². The van der Waals surface area contributed by atoms with Crippen molar-refractivity contribution >= 4 is 34.1 Å². The molecule has 1 aliphatic rings. The molecule has 1 aromatic carbocycles. The first kappa shape index (κ1) is 16.2. The van der Waals surface area contributed by atoms with Gasteiger partial charge >= 0.3 is 5.97 Å². The fourth-order valence-electron chi connectivity index (χ4n) is 2.70. The first-order valence-corrected chi connectivity index (χ1v) is 8.39. The van der Waals surface area contributed by atoms with Gasteiger partial charge in [0.15, 0.2) is 4.96 Å². The maximum Gasteiger partial charge on any atom is 0.371 e. The normalized spacial score (nSPS) is 13.4. The molecule has 3 heterocycles. The number of imide groups is 1. The van der Waals surface area contributed by atoms with Gasteiger partial charge in [0, 0.05) is 10.6 Å². The Kier molecular flexibility index (Phi) is 3.48. The van der Waals surface area contributed by atoms with Crippen LogP contribution in [0.5, 0.6) is 0 Å². The van der Waals surface area contributed by atoms with Crippen molar-refractivity contribution in [3.05, 3.63) is 68.1 Å². The van der Waals surface area contributed by atoms with Crippen molar-refractivity contribution in [2.24, 2.45) is 0 Å². The van der Waals surface area contributed by atoms with E-state index in [-0.39, 0.29) is 16.7 Å². The fourth-order valence-corrected chi connectivity index (χ4v) is 3.63. The highest BCUT2D eigenvalue weighted by atomic mass is 32.1. The zero-order valence-electron chi connectivity index (χ0n) is 13.7. The van der Waals surface area contributed by atoms with Crippen LogP contribution in [-0.2, 0) is 4.84 Å². The first-order valence-electron chi connectivity index (χ1n) is 7.58. The summed E-state index contributed by atoms with van der Waals surface area (Å²) in [6.07, 6.45) is 1.09. The molecule has 3 aromatic rings. The van der Waals surface area contributed by atoms with E-state index in [2.05, 4.69) is 4.98 Å². The predicted octanol–water partition coefficient (Wildman–Crippen LogP) is 1.74. The number of carbonyl (C=O) groups excluding carboxylic acids is 3. The van der Waals surface area contributed by atoms with Crippen LogP contribution in [-0.4, -0.2) is 32.2 Å². The summed E-state index contributed by atoms with van der Waals surface area (Å²) in [5, 5.41) is 0.368. The van der Waals surface area contributed by atoms with E-state index in [4.69, 9.17) is 4.84 Å². The first-order chi connectivity index (χ1) is 12.4. The monoisotopic (exact) mass is 369 g/mol. The summed E-state index contributed by atoms with van der Waals surface area (Å²) in [6.45, 7) is 3.58. The molecule has 0 saturated carbocycles. The SMILES string of the molecule is Cc1sc2ncc(C(=O)ON3C(=O)c4ccccc4C3=O)c(=O)n2c1C. The van der Waals surface area contributed by atoms with Gasteiger partial charge in [-0.1, -0.05) is 17.2 Å². The van der Waals surface area contributed by atoms with Crippen LogP contribution in [0.15, 0.2) is 35.3 Å². The van der Waals surface area contributed by atoms with Gasteiger partial charge in [-0.3, -0.25) is 18.8 Å². The van der Waals surface area contributed by atoms with Gasteiger partial charge in [0.05, 0.1) is 17.3 Å². The number of hydroxylamine groups is 2. The maximum atomic E-state index is 12.6. The second-order valence-electron chi connectivity index (χ2n) is 5.67. The lowest BCUT2D eigenvalue weighted by Crippen LogP contribution is -2.35. The molecule has 9 heteroatoms. The highest BCUT2D eigenvalue weighted by molar-refractivity contribution is 7.17. The van der Waals surface area contributed by atoms with E-state index in [0.29, 0.717) is 15.7 Å². The van der Waals surface area contributed by atoms with Crippen LogP contribution in [0.25, 0.3) is 4.96 Å². The van der Waals surface area contributed by atoms with Crippen molar-refractivity contribution in [3.8, 4) is 0 Å². The molecule has 0 saturated heterocycles. The van der Waals surface area contributed by atoms with Crippen LogP contribution in [0.3, 0.4) is 0 Å². The molecule has 0 fully saturated rings. The number of aromatic nitrogens is 2. The summed E-state index contributed by atoms with van der Waals surface area (Å²) in [5.74, 6) is -2.62. The van der Waals surface area contributed by atoms with Crippen LogP contribution >= 0.6 is 11.3 Å². The van der Waals surface area contributed by atoms with Gasteiger partial charge in [-0.15, -0.1) is 11.3 Å². The Morgan fingerprint density at radius 3 is 2.31 bits per heavy atom. The van der Waals surface area contributed by atoms with Gasteiger partial charge in [-0.05, 0) is 26.0 Å². The topological polar surface area (TPSA) is 98.0 Å². The molecule has 130 valence electrons. The standard InChI is InChI=1S/C17H11N3O5S/c1-8-9(2)26-17-18-7-12(13(21)19(8)17)16(24)25-20-14(22)10-5-3-4-6-11(10)15(20)23/h3-7H,1-2H3. The van der Waals surface area contributed by atoms with E-state index in [9.17, 15) is 19.2 Å². The van der Waals surface area contributed by atoms with Crippen LogP contribution < -0.4 is 5.56 Å². The minimum absolute atomic E-state index is 0.139. The van der Waals surface area contributed by atoms with Crippen molar-refractivity contribution in [1.29, 1.82) is 0 Å². The molecular weight excluding hydrogens is 358 g/mol. The number of rotatable bonds is 2. The molecule has 2 amide bonds. The van der Waals surface area contributed by atoms with Crippen LogP contribution in [0.4, 0.5) is 0 Å². The van der Waals surface area contributed by atoms with Gasteiger partial charge in [-0.25, -0.2) is 9.78 Å². The summed E-state index contributed by atoms with van der Waals surface area (Å²) < 4.78 is 1.30. The van der Waals surface area contributed by atoms with Gasteiger partial charge < -0.3 is 4.84 Å². The molecule has 0 unspecified atom stereocenters. The molecule has 0 radical (unpaired) electrons. The zero-order valence-corrected chi connectivity index (χ0v) is 14.5. The number of aryl methyl sites for hydroxylation is 2. The number of hydrogen-bond acceptors (Lipinski definition) is 7. The number of amides is 2. The summed E-state index contributed by atoms with van der Waals surface area (Å²) >= 11 is 1.32. The molecule has 4 rings (SSSR count). The van der Waals surface area contributed by atoms with E-state index in [1.165, 1.54) is 27.9 Å². The van der Waals surface area contributed by atoms with E-state index in [1.54, 1.807) is 19.1 Å². The second kappa shape index (κ2) is 5.60. The molecule has 0 atom stereocenters. The van der Waals surface area contributed by atoms with Gasteiger partial charge in [0.25, 0.3) is 17.4 Å². The Labute approximate surface area is 150 Å². The molecule has 0 aliphatic carbocycles. The van der Waals surface area contributed by atoms with Crippen molar-refractivity contribution in [2.75, 3.05) is 0 Å². The number of benzene rings is 1. The highest BCUT2D eigenvalue weighted by Crippen LogP contribution is 2.23. The molecule has 0 spiro atoms. The average molecular weight is 369 g/mol. The molecule has 0 bridgehead atoms. The third kappa shape index (κ3) is 2.17. The van der Waals surface area contributed by atoms with Crippen molar-refractivity contribution in [2.45, 2.75) is 13.8 Å². The molecular formula is C17H11N3O5S. The lowest BCUT2D eigenvalue weighted by molar-refractivity contribution is -0.0586. The van der Waals surface area contributed by atoms with Gasteiger partial charge in [0.1, 0.15) is 5.56 Å². The third-order valence-electron chi connectivity index (χ3n) is 4.17. The Balaban J connectivity index is 1.70. The van der Waals surface area contributed by atoms with Crippen LogP contribution in [0.2, 0.25) is 0 Å². The Morgan fingerprint density at radius 1 is 1.08 bits per heavy atom. The lowest BCUT2D eigenvalue weighted by atomic mass is 10.1. The Morgan fingerprint density at radius 2 is 1.69 bits per heavy atom. The summed E-state index contributed by atoms with van der Waals surface area (Å²) in [4.78, 5) is 59.9. The average Bonchev–Trinajstić information content (AvgIpc) is 3.05. The number of fused-ring (bicyclic) bond motifs is 2. The van der Waals surface area contributed by atoms with E-state index in [0.717, 1.165) is 11.1 Å². The number of thiazole rings is 1. The predicted molar refractivity (Wildman–Crippen MR) is 91.2 cm³/mol. The van der Waals surface area contributed by atoms with Crippen molar-refractivity contribution in [3.63, 3.8) is 0 Å². The number of hydrogen-bond donors (Lipinski definition) is 0. The van der Waals surface area contributed by atoms with Gasteiger partial charge in [-0.2, -0.15) is 0 Å². The van der Waals surface area contributed by atoms with Crippen molar-refractivity contribution in [1.82, 2.24) is 14.4 Å². The number of carbonyl (C=O) groups is 3. The van der Waals surface area contributed by atoms with Crippen LogP contribution in [0.1, 0.15) is 41.6 Å². The Hall–Kier alpha value is -3.33. The highest BCUT2D eigenvalue weighted by Gasteiger charge is 2.39. The summed E-state index contributed by atoms with van der Waals surface area (Å²) in [7, 11) is 0. The third-order valence-corrected chi connectivity index (χ3v) is 5.24. The largest absolute Gasteiger partial charge is 0.371 e. The Bertz CT molecular complexity index is 1140. The van der Waals surface area contributed by atoms with Gasteiger partial charge in [0.2, 0.25) is 0 Å². The molecule has 1 aliphatic heterocycles. The maximum absolute atomic E-state index is 12.6. The fraction of sp³-hybridized carbons (Fsp3) is 0.118.